The molecule has 2 unspecified atom stereocenters. The van der Waals surface area contributed by atoms with Crippen molar-refractivity contribution in [1.29, 1.82) is 0 Å². The number of halogens is 1. The molecule has 0 aliphatic carbocycles. The fraction of sp³-hybridized carbons (Fsp3) is 0.333. The fourth-order valence-corrected chi connectivity index (χ4v) is 6.95. The third-order valence-electron chi connectivity index (χ3n) is 8.75. The highest BCUT2D eigenvalue weighted by Crippen LogP contribution is 2.62. The van der Waals surface area contributed by atoms with E-state index in [0.29, 0.717) is 38.3 Å². The average Bonchev–Trinajstić information content (AvgIpc) is 3.32. The lowest BCUT2D eigenvalue weighted by atomic mass is 9.75. The second-order valence-corrected chi connectivity index (χ2v) is 16.6. The second-order valence-electron chi connectivity index (χ2n) is 14.7. The number of ether oxygens (including phenoxy) is 4. The Morgan fingerprint density at radius 3 is 2.14 bits per heavy atom. The number of carbonyl (C=O) groups excluding carboxylic acids is 4. The Morgan fingerprint density at radius 2 is 1.52 bits per heavy atom. The van der Waals surface area contributed by atoms with Gasteiger partial charge in [0.05, 0.1) is 22.0 Å². The average molecular weight is 716 g/mol. The Balaban J connectivity index is 1.74. The van der Waals surface area contributed by atoms with E-state index in [-0.39, 0.29) is 52.2 Å². The molecule has 0 bridgehead atoms. The Bertz CT molecular complexity index is 2170. The standard InChI is InChI=1S/C39H37ClO9P/c1-20(41)13-14-21-17-27-33(31(40)32(21)48-36(44)38(5,6)7)46-29-19-28(47-35(43)37(2,3)4)23-11-9-10-12-24(23)30(29)39(27)26-18-22(50(8)45)15-16-25(26)34(42)49-39/h9-12,15-19H,13-14H2,1-8H3/q+1. The number of ketones is 1. The van der Waals surface area contributed by atoms with E-state index in [1.807, 2.05) is 6.07 Å². The Labute approximate surface area is 296 Å². The van der Waals surface area contributed by atoms with Gasteiger partial charge in [-0.05, 0) is 84.0 Å². The minimum atomic E-state index is -1.83. The SMILES string of the molecule is CC(=O)CCc1cc2c(c(Cl)c1OC(=O)C(C)(C)C)Oc1cc(OC(=O)C(C)(C)C)c3ccccc3c1C21OC(=O)c2ccc([P+](C)=O)cc21. The lowest BCUT2D eigenvalue weighted by Crippen LogP contribution is -2.34. The smallest absolute Gasteiger partial charge is 0.373 e. The van der Waals surface area contributed by atoms with E-state index in [1.54, 1.807) is 96.7 Å². The third-order valence-corrected chi connectivity index (χ3v) is 10.1. The first-order valence-electron chi connectivity index (χ1n) is 16.2. The zero-order valence-corrected chi connectivity index (χ0v) is 30.8. The first-order chi connectivity index (χ1) is 23.3. The monoisotopic (exact) mass is 715 g/mol. The number of Topliss-reactive ketones (excluding diaryl/α,β-unsaturated/α-hetero) is 1. The van der Waals surface area contributed by atoms with E-state index >= 15 is 0 Å². The van der Waals surface area contributed by atoms with Gasteiger partial charge in [-0.3, -0.25) is 9.59 Å². The van der Waals surface area contributed by atoms with Crippen molar-refractivity contribution in [3.63, 3.8) is 0 Å². The molecule has 2 aliphatic rings. The lowest BCUT2D eigenvalue weighted by Gasteiger charge is -2.38. The Hall–Kier alpha value is -4.59. The summed E-state index contributed by atoms with van der Waals surface area (Å²) >= 11 is 7.16. The van der Waals surface area contributed by atoms with Gasteiger partial charge in [0.15, 0.2) is 22.4 Å². The third kappa shape index (κ3) is 5.86. The summed E-state index contributed by atoms with van der Waals surface area (Å²) in [6.45, 7) is 13.4. The van der Waals surface area contributed by atoms with Gasteiger partial charge in [0.1, 0.15) is 29.0 Å². The molecule has 1 spiro atoms. The van der Waals surface area contributed by atoms with Crippen LogP contribution in [0.5, 0.6) is 23.0 Å². The van der Waals surface area contributed by atoms with Crippen LogP contribution in [0.3, 0.4) is 0 Å². The molecule has 4 aromatic rings. The second kappa shape index (κ2) is 12.3. The number of hydrogen-bond donors (Lipinski definition) is 0. The van der Waals surface area contributed by atoms with Gasteiger partial charge in [-0.2, -0.15) is 0 Å². The highest BCUT2D eigenvalue weighted by molar-refractivity contribution is 7.52. The normalized spacial score (nSPS) is 16.6. The predicted molar refractivity (Wildman–Crippen MR) is 190 cm³/mol. The molecule has 0 saturated carbocycles. The van der Waals surface area contributed by atoms with E-state index in [9.17, 15) is 23.7 Å². The van der Waals surface area contributed by atoms with Gasteiger partial charge in [-0.15, -0.1) is 0 Å². The van der Waals surface area contributed by atoms with Crippen LogP contribution in [0.25, 0.3) is 10.8 Å². The molecular weight excluding hydrogens is 679 g/mol. The Morgan fingerprint density at radius 1 is 0.880 bits per heavy atom. The first kappa shape index (κ1) is 35.2. The topological polar surface area (TPSA) is 122 Å². The molecule has 4 aromatic carbocycles. The summed E-state index contributed by atoms with van der Waals surface area (Å²) in [6.07, 6.45) is 0.268. The lowest BCUT2D eigenvalue weighted by molar-refractivity contribution is -0.143. The minimum Gasteiger partial charge on any atom is -0.455 e. The largest absolute Gasteiger partial charge is 0.455 e. The maximum Gasteiger partial charge on any atom is 0.373 e. The van der Waals surface area contributed by atoms with Crippen molar-refractivity contribution in [3.05, 3.63) is 87.4 Å². The van der Waals surface area contributed by atoms with Crippen molar-refractivity contribution in [2.75, 3.05) is 6.66 Å². The van der Waals surface area contributed by atoms with Crippen molar-refractivity contribution in [3.8, 4) is 23.0 Å². The molecule has 50 heavy (non-hydrogen) atoms. The summed E-state index contributed by atoms with van der Waals surface area (Å²) in [5.74, 6) is -1.34. The van der Waals surface area contributed by atoms with Gasteiger partial charge in [-0.1, -0.05) is 40.4 Å². The van der Waals surface area contributed by atoms with Crippen molar-refractivity contribution in [2.45, 2.75) is 66.9 Å². The summed E-state index contributed by atoms with van der Waals surface area (Å²) in [6, 6.07) is 15.4. The molecule has 0 radical (unpaired) electrons. The quantitative estimate of drug-likeness (QED) is 0.110. The van der Waals surface area contributed by atoms with E-state index in [1.165, 1.54) is 6.92 Å². The summed E-state index contributed by atoms with van der Waals surface area (Å²) in [7, 11) is -1.83. The zero-order chi connectivity index (χ0) is 36.5. The minimum absolute atomic E-state index is 0.0142. The number of fused-ring (bicyclic) bond motifs is 8. The van der Waals surface area contributed by atoms with Crippen LogP contribution in [0.15, 0.2) is 54.6 Å². The molecule has 2 heterocycles. The summed E-state index contributed by atoms with van der Waals surface area (Å²) in [4.78, 5) is 52.5. The van der Waals surface area contributed by atoms with E-state index < -0.39 is 42.1 Å². The molecule has 9 nitrogen and oxygen atoms in total. The molecular formula is C39H37ClO9P+. The van der Waals surface area contributed by atoms with Crippen LogP contribution in [0.4, 0.5) is 0 Å². The number of hydrogen-bond acceptors (Lipinski definition) is 9. The fourth-order valence-electron chi connectivity index (χ4n) is 6.06. The molecule has 2 aliphatic heterocycles. The van der Waals surface area contributed by atoms with Crippen LogP contribution in [0, 0.1) is 10.8 Å². The number of benzene rings is 4. The first-order valence-corrected chi connectivity index (χ1v) is 18.3. The Kier molecular flexibility index (Phi) is 8.69. The van der Waals surface area contributed by atoms with Crippen LogP contribution in [-0.4, -0.2) is 30.4 Å². The number of carbonyl (C=O) groups is 4. The highest BCUT2D eigenvalue weighted by Gasteiger charge is 2.56. The highest BCUT2D eigenvalue weighted by atomic mass is 35.5. The van der Waals surface area contributed by atoms with Crippen LogP contribution in [-0.2, 0) is 35.7 Å². The van der Waals surface area contributed by atoms with E-state index in [0.717, 1.165) is 0 Å². The van der Waals surface area contributed by atoms with Gasteiger partial charge < -0.3 is 23.7 Å². The van der Waals surface area contributed by atoms with Crippen LogP contribution >= 0.6 is 19.4 Å². The predicted octanol–water partition coefficient (Wildman–Crippen LogP) is 8.57. The molecule has 0 amide bonds. The molecule has 0 fully saturated rings. The van der Waals surface area contributed by atoms with E-state index in [4.69, 9.17) is 30.5 Å². The molecule has 6 rings (SSSR count). The van der Waals surface area contributed by atoms with Gasteiger partial charge >= 0.3 is 25.7 Å². The van der Waals surface area contributed by atoms with Crippen molar-refractivity contribution >= 4 is 59.2 Å². The van der Waals surface area contributed by atoms with Crippen LogP contribution in [0.2, 0.25) is 5.02 Å². The van der Waals surface area contributed by atoms with Gasteiger partial charge in [0.25, 0.3) is 0 Å². The molecule has 2 atom stereocenters. The molecule has 0 saturated heterocycles. The molecule has 0 aromatic heterocycles. The van der Waals surface area contributed by atoms with Crippen LogP contribution in [0.1, 0.15) is 87.5 Å². The molecule has 0 N–H and O–H groups in total. The maximum atomic E-state index is 13.9. The van der Waals surface area contributed by atoms with Gasteiger partial charge in [0, 0.05) is 35.1 Å². The van der Waals surface area contributed by atoms with Crippen molar-refractivity contribution in [1.82, 2.24) is 0 Å². The maximum absolute atomic E-state index is 13.9. The number of esters is 3. The summed E-state index contributed by atoms with van der Waals surface area (Å²) < 4.78 is 37.8. The van der Waals surface area contributed by atoms with Gasteiger partial charge in [-0.25, -0.2) is 4.79 Å². The van der Waals surface area contributed by atoms with Crippen molar-refractivity contribution < 1.29 is 42.7 Å². The summed E-state index contributed by atoms with van der Waals surface area (Å²) in [5, 5.41) is 1.53. The number of rotatable bonds is 6. The summed E-state index contributed by atoms with van der Waals surface area (Å²) in [5.41, 5.74) is -1.59. The zero-order valence-electron chi connectivity index (χ0n) is 29.1. The van der Waals surface area contributed by atoms with Crippen molar-refractivity contribution in [2.24, 2.45) is 10.8 Å². The van der Waals surface area contributed by atoms with Gasteiger partial charge in [0.2, 0.25) is 0 Å². The molecule has 11 heteroatoms. The van der Waals surface area contributed by atoms with E-state index in [2.05, 4.69) is 0 Å². The van der Waals surface area contributed by atoms with Crippen LogP contribution < -0.4 is 19.5 Å². The molecule has 258 valence electrons. The number of aryl methyl sites for hydroxylation is 1.